The first kappa shape index (κ1) is 10.1. The van der Waals surface area contributed by atoms with Crippen LogP contribution in [-0.2, 0) is 9.47 Å². The van der Waals surface area contributed by atoms with E-state index in [0.717, 1.165) is 6.42 Å². The Balaban J connectivity index is 2.65. The molecule has 2 nitrogen and oxygen atoms in total. The van der Waals surface area contributed by atoms with Crippen LogP contribution in [0.5, 0.6) is 0 Å². The van der Waals surface area contributed by atoms with Gasteiger partial charge in [-0.15, -0.1) is 12.8 Å². The molecule has 0 aromatic heterocycles. The van der Waals surface area contributed by atoms with Crippen molar-refractivity contribution >= 4 is 0 Å². The van der Waals surface area contributed by atoms with Crippen LogP contribution in [0.15, 0.2) is 0 Å². The van der Waals surface area contributed by atoms with Gasteiger partial charge in [-0.1, -0.05) is 20.3 Å². The lowest BCUT2D eigenvalue weighted by Gasteiger charge is -2.18. The Hall–Kier alpha value is -0.960. The molecule has 0 aromatic rings. The number of terminal acetylenes is 2. The van der Waals surface area contributed by atoms with Crippen LogP contribution in [0.25, 0.3) is 0 Å². The Morgan fingerprint density at radius 3 is 2.54 bits per heavy atom. The summed E-state index contributed by atoms with van der Waals surface area (Å²) in [4.78, 5) is 0. The lowest BCUT2D eigenvalue weighted by Crippen LogP contribution is -2.28. The molecule has 2 atom stereocenters. The molecule has 0 spiro atoms. The van der Waals surface area contributed by atoms with Crippen molar-refractivity contribution in [1.82, 2.24) is 0 Å². The number of ether oxygens (including phenoxy) is 2. The van der Waals surface area contributed by atoms with Gasteiger partial charge in [-0.25, -0.2) is 0 Å². The van der Waals surface area contributed by atoms with Gasteiger partial charge in [0, 0.05) is 0 Å². The van der Waals surface area contributed by atoms with Crippen molar-refractivity contribution < 1.29 is 9.47 Å². The molecule has 0 aliphatic carbocycles. The zero-order valence-corrected chi connectivity index (χ0v) is 8.04. The van der Waals surface area contributed by atoms with Gasteiger partial charge in [0.15, 0.2) is 0 Å². The zero-order valence-electron chi connectivity index (χ0n) is 8.04. The normalized spacial score (nSPS) is 27.5. The topological polar surface area (TPSA) is 18.5 Å². The van der Waals surface area contributed by atoms with E-state index < -0.39 is 5.79 Å². The van der Waals surface area contributed by atoms with Crippen LogP contribution < -0.4 is 0 Å². The molecule has 1 aliphatic heterocycles. The van der Waals surface area contributed by atoms with Crippen LogP contribution in [0.2, 0.25) is 0 Å². The molecule has 0 saturated carbocycles. The van der Waals surface area contributed by atoms with Crippen LogP contribution in [0.1, 0.15) is 20.3 Å². The molecule has 1 fully saturated rings. The summed E-state index contributed by atoms with van der Waals surface area (Å²) in [6.07, 6.45) is 11.5. The third kappa shape index (κ3) is 1.86. The van der Waals surface area contributed by atoms with Gasteiger partial charge in [-0.2, -0.15) is 0 Å². The molecule has 0 radical (unpaired) electrons. The second kappa shape index (κ2) is 3.83. The van der Waals surface area contributed by atoms with Crippen molar-refractivity contribution in [2.24, 2.45) is 5.92 Å². The average Bonchev–Trinajstić information content (AvgIpc) is 2.61. The quantitative estimate of drug-likeness (QED) is 0.595. The molecular formula is C11H14O2. The molecule has 1 unspecified atom stereocenters. The fourth-order valence-electron chi connectivity index (χ4n) is 1.22. The Kier molecular flexibility index (Phi) is 2.98. The first-order valence-electron chi connectivity index (χ1n) is 4.44. The van der Waals surface area contributed by atoms with Crippen molar-refractivity contribution in [1.29, 1.82) is 0 Å². The second-order valence-electron chi connectivity index (χ2n) is 3.26. The summed E-state index contributed by atoms with van der Waals surface area (Å²) < 4.78 is 10.8. The summed E-state index contributed by atoms with van der Waals surface area (Å²) in [5, 5.41) is 0. The molecule has 1 heterocycles. The summed E-state index contributed by atoms with van der Waals surface area (Å²) in [7, 11) is 0. The first-order valence-corrected chi connectivity index (χ1v) is 4.44. The van der Waals surface area contributed by atoms with E-state index >= 15 is 0 Å². The van der Waals surface area contributed by atoms with Gasteiger partial charge in [0.1, 0.15) is 0 Å². The Bertz CT molecular complexity index is 242. The molecular weight excluding hydrogens is 164 g/mol. The Morgan fingerprint density at radius 1 is 1.54 bits per heavy atom. The first-order chi connectivity index (χ1) is 6.17. The van der Waals surface area contributed by atoms with Crippen LogP contribution in [0, 0.1) is 30.6 Å². The summed E-state index contributed by atoms with van der Waals surface area (Å²) in [5.41, 5.74) is 0. The highest BCUT2D eigenvalue weighted by Crippen LogP contribution is 2.27. The molecule has 0 N–H and O–H groups in total. The number of hydrogen-bond acceptors (Lipinski definition) is 2. The lowest BCUT2D eigenvalue weighted by atomic mass is 10.0. The highest BCUT2D eigenvalue weighted by molar-refractivity contribution is 5.21. The van der Waals surface area contributed by atoms with Crippen molar-refractivity contribution in [2.45, 2.75) is 32.2 Å². The van der Waals surface area contributed by atoms with Crippen molar-refractivity contribution in [2.75, 3.05) is 6.61 Å². The van der Waals surface area contributed by atoms with Gasteiger partial charge in [-0.05, 0) is 17.8 Å². The standard InChI is InChI=1S/C11H14O2/c1-5-9(4)10-8-12-11(6-2,7-3)13-10/h2-3,9-10H,5,8H2,1,4H3/t9-,10?/m0/s1. The molecule has 0 bridgehead atoms. The number of rotatable bonds is 2. The van der Waals surface area contributed by atoms with Gasteiger partial charge in [0.05, 0.1) is 12.7 Å². The Labute approximate surface area is 79.6 Å². The third-order valence-electron chi connectivity index (χ3n) is 2.43. The van der Waals surface area contributed by atoms with Gasteiger partial charge in [-0.3, -0.25) is 0 Å². The molecule has 70 valence electrons. The van der Waals surface area contributed by atoms with Gasteiger partial charge >= 0.3 is 5.79 Å². The maximum Gasteiger partial charge on any atom is 0.300 e. The maximum atomic E-state index is 5.51. The highest BCUT2D eigenvalue weighted by atomic mass is 16.7. The van der Waals surface area contributed by atoms with E-state index in [0.29, 0.717) is 12.5 Å². The predicted octanol–water partition coefficient (Wildman–Crippen LogP) is 1.41. The average molecular weight is 178 g/mol. The summed E-state index contributed by atoms with van der Waals surface area (Å²) in [5.74, 6) is 3.92. The molecule has 13 heavy (non-hydrogen) atoms. The molecule has 1 rings (SSSR count). The molecule has 1 saturated heterocycles. The third-order valence-corrected chi connectivity index (χ3v) is 2.43. The van der Waals surface area contributed by atoms with Gasteiger partial charge < -0.3 is 9.47 Å². The van der Waals surface area contributed by atoms with E-state index in [-0.39, 0.29) is 6.10 Å². The van der Waals surface area contributed by atoms with E-state index in [1.54, 1.807) is 0 Å². The zero-order chi connectivity index (χ0) is 9.90. The summed E-state index contributed by atoms with van der Waals surface area (Å²) in [6, 6.07) is 0. The van der Waals surface area contributed by atoms with Crippen molar-refractivity contribution in [3.8, 4) is 24.7 Å². The van der Waals surface area contributed by atoms with Crippen molar-refractivity contribution in [3.63, 3.8) is 0 Å². The smallest absolute Gasteiger partial charge is 0.300 e. The predicted molar refractivity (Wildman–Crippen MR) is 50.7 cm³/mol. The van der Waals surface area contributed by atoms with E-state index in [1.165, 1.54) is 0 Å². The van der Waals surface area contributed by atoms with E-state index in [9.17, 15) is 0 Å². The van der Waals surface area contributed by atoms with Gasteiger partial charge in [0.25, 0.3) is 0 Å². The minimum atomic E-state index is -1.21. The van der Waals surface area contributed by atoms with Crippen LogP contribution in [0.4, 0.5) is 0 Å². The minimum absolute atomic E-state index is 0.0251. The summed E-state index contributed by atoms with van der Waals surface area (Å²) in [6.45, 7) is 4.68. The maximum absolute atomic E-state index is 5.51. The number of hydrogen-bond donors (Lipinski definition) is 0. The van der Waals surface area contributed by atoms with E-state index in [2.05, 4.69) is 25.7 Å². The lowest BCUT2D eigenvalue weighted by molar-refractivity contribution is -0.0802. The fourth-order valence-corrected chi connectivity index (χ4v) is 1.22. The van der Waals surface area contributed by atoms with Crippen molar-refractivity contribution in [3.05, 3.63) is 0 Å². The molecule has 0 aromatic carbocycles. The minimum Gasteiger partial charge on any atom is -0.327 e. The monoisotopic (exact) mass is 178 g/mol. The summed E-state index contributed by atoms with van der Waals surface area (Å²) >= 11 is 0. The molecule has 2 heteroatoms. The fraction of sp³-hybridized carbons (Fsp3) is 0.636. The SMILES string of the molecule is C#CC1(C#C)OCC([C@@H](C)CC)O1. The molecule has 1 aliphatic rings. The Morgan fingerprint density at radius 2 is 2.15 bits per heavy atom. The van der Waals surface area contributed by atoms with Crippen LogP contribution >= 0.6 is 0 Å². The van der Waals surface area contributed by atoms with E-state index in [1.807, 2.05) is 0 Å². The van der Waals surface area contributed by atoms with Gasteiger partial charge in [0.2, 0.25) is 0 Å². The van der Waals surface area contributed by atoms with Crippen LogP contribution in [0.3, 0.4) is 0 Å². The second-order valence-corrected chi connectivity index (χ2v) is 3.26. The largest absolute Gasteiger partial charge is 0.327 e. The molecule has 0 amide bonds. The highest BCUT2D eigenvalue weighted by Gasteiger charge is 2.40. The van der Waals surface area contributed by atoms with Crippen LogP contribution in [-0.4, -0.2) is 18.5 Å². The van der Waals surface area contributed by atoms with E-state index in [4.69, 9.17) is 22.3 Å².